The lowest BCUT2D eigenvalue weighted by molar-refractivity contribution is -0.154. The maximum atomic E-state index is 12.3. The van der Waals surface area contributed by atoms with E-state index in [1.807, 2.05) is 13.8 Å². The fourth-order valence-corrected chi connectivity index (χ4v) is 2.27. The summed E-state index contributed by atoms with van der Waals surface area (Å²) in [7, 11) is 0. The number of aromatic nitrogens is 1. The predicted octanol–water partition coefficient (Wildman–Crippen LogP) is 2.27. The molecule has 122 valence electrons. The lowest BCUT2D eigenvalue weighted by Crippen LogP contribution is -2.48. The Balaban J connectivity index is 1.99. The Hall–Kier alpha value is -1.83. The Morgan fingerprint density at radius 2 is 2.00 bits per heavy atom. The summed E-state index contributed by atoms with van der Waals surface area (Å²) in [6, 6.07) is 2.66. The van der Waals surface area contributed by atoms with Crippen molar-refractivity contribution in [3.63, 3.8) is 0 Å². The molecule has 1 amide bonds. The molecule has 1 aromatic heterocycles. The van der Waals surface area contributed by atoms with Crippen molar-refractivity contribution in [2.24, 2.45) is 0 Å². The predicted molar refractivity (Wildman–Crippen MR) is 71.7 cm³/mol. The SMILES string of the molecule is C[C@H]1CN(C(=O)c2ccc(OCC(F)(F)F)nc2)C[C@H](C)O1. The van der Waals surface area contributed by atoms with Gasteiger partial charge in [0.1, 0.15) is 0 Å². The number of carbonyl (C=O) groups excluding carboxylic acids is 1. The largest absolute Gasteiger partial charge is 0.468 e. The van der Waals surface area contributed by atoms with E-state index in [9.17, 15) is 18.0 Å². The van der Waals surface area contributed by atoms with Crippen molar-refractivity contribution in [1.82, 2.24) is 9.88 Å². The molecule has 0 radical (unpaired) electrons. The molecule has 0 bridgehead atoms. The molecule has 0 spiro atoms. The number of hydrogen-bond donors (Lipinski definition) is 0. The molecule has 2 heterocycles. The highest BCUT2D eigenvalue weighted by atomic mass is 19.4. The third kappa shape index (κ3) is 4.59. The molecule has 0 aromatic carbocycles. The van der Waals surface area contributed by atoms with Gasteiger partial charge in [-0.1, -0.05) is 0 Å². The lowest BCUT2D eigenvalue weighted by Gasteiger charge is -2.35. The topological polar surface area (TPSA) is 51.7 Å². The van der Waals surface area contributed by atoms with E-state index in [1.165, 1.54) is 18.3 Å². The summed E-state index contributed by atoms with van der Waals surface area (Å²) in [4.78, 5) is 17.7. The van der Waals surface area contributed by atoms with E-state index in [-0.39, 0.29) is 24.0 Å². The second-order valence-electron chi connectivity index (χ2n) is 5.26. The van der Waals surface area contributed by atoms with Gasteiger partial charge in [-0.2, -0.15) is 13.2 Å². The number of halogens is 3. The van der Waals surface area contributed by atoms with Crippen LogP contribution >= 0.6 is 0 Å². The molecule has 1 aliphatic rings. The Morgan fingerprint density at radius 1 is 1.36 bits per heavy atom. The number of amides is 1. The van der Waals surface area contributed by atoms with Gasteiger partial charge in [0.05, 0.1) is 17.8 Å². The van der Waals surface area contributed by atoms with E-state index in [4.69, 9.17) is 4.74 Å². The molecule has 0 unspecified atom stereocenters. The quantitative estimate of drug-likeness (QED) is 0.858. The van der Waals surface area contributed by atoms with Gasteiger partial charge < -0.3 is 14.4 Å². The van der Waals surface area contributed by atoms with Crippen LogP contribution in [0.1, 0.15) is 24.2 Å². The summed E-state index contributed by atoms with van der Waals surface area (Å²) in [5.74, 6) is -0.394. The van der Waals surface area contributed by atoms with E-state index in [1.54, 1.807) is 4.90 Å². The van der Waals surface area contributed by atoms with Crippen molar-refractivity contribution in [3.8, 4) is 5.88 Å². The Morgan fingerprint density at radius 3 is 2.50 bits per heavy atom. The molecule has 2 atom stereocenters. The first-order chi connectivity index (χ1) is 10.2. The molecule has 22 heavy (non-hydrogen) atoms. The first-order valence-corrected chi connectivity index (χ1v) is 6.85. The molecule has 1 aromatic rings. The number of alkyl halides is 3. The molecule has 5 nitrogen and oxygen atoms in total. The summed E-state index contributed by atoms with van der Waals surface area (Å²) in [6.45, 7) is 3.28. The van der Waals surface area contributed by atoms with Crippen molar-refractivity contribution in [1.29, 1.82) is 0 Å². The second kappa shape index (κ2) is 6.51. The molecular formula is C14H17F3N2O3. The van der Waals surface area contributed by atoms with Crippen LogP contribution in [0.3, 0.4) is 0 Å². The first-order valence-electron chi connectivity index (χ1n) is 6.85. The van der Waals surface area contributed by atoms with E-state index in [2.05, 4.69) is 9.72 Å². The number of carbonyl (C=O) groups is 1. The van der Waals surface area contributed by atoms with Crippen LogP contribution in [-0.4, -0.2) is 53.9 Å². The van der Waals surface area contributed by atoms with Crippen LogP contribution in [0.5, 0.6) is 5.88 Å². The first kappa shape index (κ1) is 16.5. The van der Waals surface area contributed by atoms with Crippen molar-refractivity contribution in [2.45, 2.75) is 32.2 Å². The minimum absolute atomic E-state index is 0.0601. The Labute approximate surface area is 126 Å². The van der Waals surface area contributed by atoms with Crippen LogP contribution in [-0.2, 0) is 4.74 Å². The second-order valence-corrected chi connectivity index (χ2v) is 5.26. The maximum absolute atomic E-state index is 12.3. The van der Waals surface area contributed by atoms with Gasteiger partial charge in [0.15, 0.2) is 6.61 Å². The third-order valence-electron chi connectivity index (χ3n) is 3.07. The van der Waals surface area contributed by atoms with E-state index >= 15 is 0 Å². The molecule has 8 heteroatoms. The van der Waals surface area contributed by atoms with Crippen LogP contribution in [0.2, 0.25) is 0 Å². The van der Waals surface area contributed by atoms with Gasteiger partial charge in [-0.15, -0.1) is 0 Å². The Kier molecular flexibility index (Phi) is 4.90. The molecular weight excluding hydrogens is 301 g/mol. The minimum atomic E-state index is -4.42. The van der Waals surface area contributed by atoms with Crippen LogP contribution < -0.4 is 4.74 Å². The highest BCUT2D eigenvalue weighted by molar-refractivity contribution is 5.94. The average molecular weight is 318 g/mol. The van der Waals surface area contributed by atoms with Gasteiger partial charge in [-0.05, 0) is 19.9 Å². The standard InChI is InChI=1S/C14H17F3N2O3/c1-9-6-19(7-10(2)22-9)13(20)11-3-4-12(18-5-11)21-8-14(15,16)17/h3-5,9-10H,6-8H2,1-2H3/t9-,10-/m0/s1. The summed E-state index contributed by atoms with van der Waals surface area (Å²) >= 11 is 0. The van der Waals surface area contributed by atoms with Gasteiger partial charge in [0.25, 0.3) is 5.91 Å². The third-order valence-corrected chi connectivity index (χ3v) is 3.07. The average Bonchev–Trinajstić information content (AvgIpc) is 2.43. The molecule has 0 N–H and O–H groups in total. The lowest BCUT2D eigenvalue weighted by atomic mass is 10.2. The van der Waals surface area contributed by atoms with E-state index in [0.29, 0.717) is 18.7 Å². The maximum Gasteiger partial charge on any atom is 0.422 e. The molecule has 2 rings (SSSR count). The zero-order valence-electron chi connectivity index (χ0n) is 12.3. The minimum Gasteiger partial charge on any atom is -0.468 e. The van der Waals surface area contributed by atoms with Gasteiger partial charge in [-0.25, -0.2) is 4.98 Å². The fraction of sp³-hybridized carbons (Fsp3) is 0.571. The zero-order valence-corrected chi connectivity index (χ0v) is 12.3. The molecule has 1 aliphatic heterocycles. The molecule has 1 fully saturated rings. The van der Waals surface area contributed by atoms with Gasteiger partial charge in [0, 0.05) is 25.4 Å². The number of hydrogen-bond acceptors (Lipinski definition) is 4. The summed E-state index contributed by atoms with van der Waals surface area (Å²) in [6.07, 6.45) is -3.32. The number of ether oxygens (including phenoxy) is 2. The number of pyridine rings is 1. The van der Waals surface area contributed by atoms with Gasteiger partial charge in [-0.3, -0.25) is 4.79 Å². The van der Waals surface area contributed by atoms with E-state index in [0.717, 1.165) is 0 Å². The van der Waals surface area contributed by atoms with Crippen molar-refractivity contribution < 1.29 is 27.4 Å². The van der Waals surface area contributed by atoms with Crippen molar-refractivity contribution in [3.05, 3.63) is 23.9 Å². The molecule has 0 aliphatic carbocycles. The van der Waals surface area contributed by atoms with Crippen LogP contribution in [0, 0.1) is 0 Å². The summed E-state index contributed by atoms with van der Waals surface area (Å²) in [5.41, 5.74) is 0.306. The normalized spacial score (nSPS) is 22.5. The van der Waals surface area contributed by atoms with Crippen molar-refractivity contribution in [2.75, 3.05) is 19.7 Å². The zero-order chi connectivity index (χ0) is 16.3. The van der Waals surface area contributed by atoms with Crippen LogP contribution in [0.4, 0.5) is 13.2 Å². The van der Waals surface area contributed by atoms with Gasteiger partial charge >= 0.3 is 6.18 Å². The van der Waals surface area contributed by atoms with Crippen LogP contribution in [0.25, 0.3) is 0 Å². The highest BCUT2D eigenvalue weighted by Gasteiger charge is 2.29. The summed E-state index contributed by atoms with van der Waals surface area (Å²) < 4.78 is 46.2. The number of nitrogens with zero attached hydrogens (tertiary/aromatic N) is 2. The number of morpholine rings is 1. The van der Waals surface area contributed by atoms with E-state index < -0.39 is 12.8 Å². The van der Waals surface area contributed by atoms with Crippen molar-refractivity contribution >= 4 is 5.91 Å². The Bertz CT molecular complexity index is 509. The highest BCUT2D eigenvalue weighted by Crippen LogP contribution is 2.18. The smallest absolute Gasteiger partial charge is 0.422 e. The molecule has 0 saturated carbocycles. The van der Waals surface area contributed by atoms with Gasteiger partial charge in [0.2, 0.25) is 5.88 Å². The number of rotatable bonds is 3. The van der Waals surface area contributed by atoms with Crippen LogP contribution in [0.15, 0.2) is 18.3 Å². The molecule has 1 saturated heterocycles. The monoisotopic (exact) mass is 318 g/mol. The fourth-order valence-electron chi connectivity index (χ4n) is 2.27. The summed E-state index contributed by atoms with van der Waals surface area (Å²) in [5, 5.41) is 0.